The number of rotatable bonds is 0. The van der Waals surface area contributed by atoms with Crippen molar-refractivity contribution in [2.24, 2.45) is 0 Å². The summed E-state index contributed by atoms with van der Waals surface area (Å²) in [5, 5.41) is 1.19. The lowest BCUT2D eigenvalue weighted by molar-refractivity contribution is -0.362. The summed E-state index contributed by atoms with van der Waals surface area (Å²) in [7, 11) is 0. The van der Waals surface area contributed by atoms with Crippen LogP contribution in [0.15, 0.2) is 52.9 Å². The topological polar surface area (TPSA) is 24.4 Å². The Labute approximate surface area is 115 Å². The second kappa shape index (κ2) is 3.48. The summed E-state index contributed by atoms with van der Waals surface area (Å²) >= 11 is 0. The Bertz CT molecular complexity index is 925. The van der Waals surface area contributed by atoms with Crippen molar-refractivity contribution in [2.75, 3.05) is 0 Å². The third-order valence-electron chi connectivity index (χ3n) is 4.05. The minimum absolute atomic E-state index is 0.798. The molecular weight excluding hydrogens is 248 g/mol. The summed E-state index contributed by atoms with van der Waals surface area (Å²) in [6.07, 6.45) is 2.91. The predicted molar refractivity (Wildman–Crippen MR) is 78.7 cm³/mol. The maximum atomic E-state index is 5.99. The molecule has 1 aliphatic carbocycles. The highest BCUT2D eigenvalue weighted by Gasteiger charge is 2.38. The van der Waals surface area contributed by atoms with Crippen molar-refractivity contribution < 1.29 is 8.84 Å². The van der Waals surface area contributed by atoms with E-state index in [1.54, 1.807) is 0 Å². The summed E-state index contributed by atoms with van der Waals surface area (Å²) in [6.45, 7) is 0. The molecule has 0 saturated carbocycles. The van der Waals surface area contributed by atoms with Gasteiger partial charge in [-0.05, 0) is 18.2 Å². The first kappa shape index (κ1) is 10.2. The fraction of sp³-hybridized carbons (Fsp3) is 0.0556. The molecule has 0 atom stereocenters. The zero-order valence-corrected chi connectivity index (χ0v) is 10.7. The van der Waals surface area contributed by atoms with Crippen LogP contribution in [0.2, 0.25) is 0 Å². The Morgan fingerprint density at radius 1 is 0.950 bits per heavy atom. The Morgan fingerprint density at radius 3 is 2.80 bits per heavy atom. The zero-order chi connectivity index (χ0) is 13.1. The Balaban J connectivity index is 1.80. The van der Waals surface area contributed by atoms with Crippen LogP contribution in [0, 0.1) is 0 Å². The molecule has 1 aromatic heterocycles. The van der Waals surface area contributed by atoms with E-state index in [-0.39, 0.29) is 0 Å². The van der Waals surface area contributed by atoms with Gasteiger partial charge in [0.25, 0.3) is 0 Å². The van der Waals surface area contributed by atoms with Crippen LogP contribution >= 0.6 is 0 Å². The highest BCUT2D eigenvalue weighted by atomic mass is 16.4. The summed E-state index contributed by atoms with van der Waals surface area (Å²) in [4.78, 5) is 0. The fourth-order valence-electron chi connectivity index (χ4n) is 3.11. The molecule has 2 heterocycles. The van der Waals surface area contributed by atoms with Gasteiger partial charge in [-0.3, -0.25) is 0 Å². The van der Waals surface area contributed by atoms with Crippen LogP contribution in [-0.2, 0) is 10.8 Å². The summed E-state index contributed by atoms with van der Waals surface area (Å²) < 4.78 is 12.0. The van der Waals surface area contributed by atoms with Crippen LogP contribution < -0.4 is 0 Å². The largest absolute Gasteiger partial charge is 0.456 e. The third-order valence-corrected chi connectivity index (χ3v) is 4.05. The first-order chi connectivity index (χ1) is 9.90. The number of para-hydroxylation sites is 2. The van der Waals surface area contributed by atoms with Crippen LogP contribution in [0.1, 0.15) is 16.9 Å². The molecule has 2 nitrogen and oxygen atoms in total. The average molecular weight is 259 g/mol. The molecule has 2 aliphatic rings. The molecule has 20 heavy (non-hydrogen) atoms. The van der Waals surface area contributed by atoms with Crippen molar-refractivity contribution in [3.05, 3.63) is 65.4 Å². The minimum Gasteiger partial charge on any atom is -0.456 e. The first-order valence-corrected chi connectivity index (χ1v) is 6.76. The van der Waals surface area contributed by atoms with Crippen molar-refractivity contribution in [1.29, 1.82) is 0 Å². The normalized spacial score (nSPS) is 15.4. The minimum atomic E-state index is 0.798. The third kappa shape index (κ3) is 1.21. The zero-order valence-electron chi connectivity index (χ0n) is 10.7. The molecule has 0 amide bonds. The highest BCUT2D eigenvalue weighted by Crippen LogP contribution is 2.41. The molecule has 3 aromatic rings. The van der Waals surface area contributed by atoms with E-state index < -0.39 is 0 Å². The number of allylic oxidation sites excluding steroid dienone is 1. The molecule has 5 rings (SSSR count). The SMILES string of the molecule is C1=C2C(=[O+]c3ccccc32)Cc2c1oc1ccccc21. The van der Waals surface area contributed by atoms with Crippen molar-refractivity contribution in [1.82, 2.24) is 0 Å². The molecule has 0 radical (unpaired) electrons. The van der Waals surface area contributed by atoms with Gasteiger partial charge in [0.1, 0.15) is 11.3 Å². The van der Waals surface area contributed by atoms with E-state index >= 15 is 0 Å². The second-order valence-electron chi connectivity index (χ2n) is 5.20. The van der Waals surface area contributed by atoms with Crippen molar-refractivity contribution in [3.8, 4) is 5.75 Å². The van der Waals surface area contributed by atoms with Gasteiger partial charge in [0, 0.05) is 17.0 Å². The lowest BCUT2D eigenvalue weighted by Gasteiger charge is -2.03. The Hall–Kier alpha value is -2.61. The van der Waals surface area contributed by atoms with E-state index in [0.29, 0.717) is 0 Å². The molecule has 2 aromatic carbocycles. The van der Waals surface area contributed by atoms with Gasteiger partial charge in [-0.1, -0.05) is 30.3 Å². The van der Waals surface area contributed by atoms with Gasteiger partial charge in [0.2, 0.25) is 0 Å². The van der Waals surface area contributed by atoms with E-state index in [1.165, 1.54) is 10.9 Å². The fourth-order valence-corrected chi connectivity index (χ4v) is 3.11. The van der Waals surface area contributed by atoms with Crippen LogP contribution in [0.25, 0.3) is 22.6 Å². The smallest absolute Gasteiger partial charge is 0.361 e. The van der Waals surface area contributed by atoms with Crippen molar-refractivity contribution >= 4 is 28.4 Å². The number of hydrogen-bond acceptors (Lipinski definition) is 1. The lowest BCUT2D eigenvalue weighted by Crippen LogP contribution is -2.08. The van der Waals surface area contributed by atoms with Crippen molar-refractivity contribution in [3.63, 3.8) is 0 Å². The maximum Gasteiger partial charge on any atom is 0.361 e. The Kier molecular flexibility index (Phi) is 1.78. The average Bonchev–Trinajstić information content (AvgIpc) is 3.02. The van der Waals surface area contributed by atoms with Gasteiger partial charge in [-0.25, -0.2) is 4.42 Å². The summed E-state index contributed by atoms with van der Waals surface area (Å²) in [6, 6.07) is 16.3. The predicted octanol–water partition coefficient (Wildman–Crippen LogP) is 4.36. The van der Waals surface area contributed by atoms with E-state index in [9.17, 15) is 0 Å². The molecule has 0 saturated heterocycles. The van der Waals surface area contributed by atoms with E-state index in [1.807, 2.05) is 36.4 Å². The standard InChI is InChI=1S/C18H11O2/c1-3-7-15-11(5-1)13-9-18-14(10-17(13)19-15)12-6-2-4-8-16(12)20-18/h1-9H,10H2/q+1. The van der Waals surface area contributed by atoms with Gasteiger partial charge < -0.3 is 4.42 Å². The van der Waals surface area contributed by atoms with E-state index in [0.717, 1.165) is 40.4 Å². The van der Waals surface area contributed by atoms with Gasteiger partial charge in [-0.2, -0.15) is 0 Å². The number of ketones is 1. The Morgan fingerprint density at radius 2 is 1.80 bits per heavy atom. The monoisotopic (exact) mass is 259 g/mol. The van der Waals surface area contributed by atoms with E-state index in [2.05, 4.69) is 18.2 Å². The summed E-state index contributed by atoms with van der Waals surface area (Å²) in [5.74, 6) is 2.94. The molecule has 0 bridgehead atoms. The van der Waals surface area contributed by atoms with Gasteiger partial charge in [-0.15, -0.1) is 0 Å². The number of furan rings is 1. The second-order valence-corrected chi connectivity index (χ2v) is 5.20. The van der Waals surface area contributed by atoms with E-state index in [4.69, 9.17) is 8.84 Å². The molecule has 0 N–H and O–H groups in total. The number of benzene rings is 2. The van der Waals surface area contributed by atoms with Gasteiger partial charge in [0.15, 0.2) is 0 Å². The van der Waals surface area contributed by atoms with Crippen LogP contribution in [0.4, 0.5) is 0 Å². The summed E-state index contributed by atoms with van der Waals surface area (Å²) in [5.41, 5.74) is 4.50. The van der Waals surface area contributed by atoms with Crippen LogP contribution in [0.5, 0.6) is 5.75 Å². The molecule has 1 aliphatic heterocycles. The van der Waals surface area contributed by atoms with Gasteiger partial charge >= 0.3 is 11.5 Å². The molecule has 0 unspecified atom stereocenters. The lowest BCUT2D eigenvalue weighted by atomic mass is 9.91. The molecule has 94 valence electrons. The highest BCUT2D eigenvalue weighted by molar-refractivity contribution is 6.30. The van der Waals surface area contributed by atoms with Crippen molar-refractivity contribution in [2.45, 2.75) is 6.42 Å². The molecule has 0 fully saturated rings. The number of fused-ring (bicyclic) bond motifs is 6. The molecular formula is C18H11O2+. The molecule has 2 heteroatoms. The number of carbonyl (C=O) groups excluding carboxylic acids is 1. The maximum absolute atomic E-state index is 5.99. The van der Waals surface area contributed by atoms with Crippen LogP contribution in [-0.4, -0.2) is 5.78 Å². The molecule has 0 spiro atoms. The first-order valence-electron chi connectivity index (χ1n) is 6.76. The van der Waals surface area contributed by atoms with Gasteiger partial charge in [0.05, 0.1) is 17.6 Å². The number of hydrogen-bond donors (Lipinski definition) is 0. The quantitative estimate of drug-likeness (QED) is 0.550. The van der Waals surface area contributed by atoms with Crippen LogP contribution in [0.3, 0.4) is 0 Å².